The molecule has 5 heteroatoms. The molecule has 1 atom stereocenters. The Hall–Kier alpha value is -1.75. The van der Waals surface area contributed by atoms with Crippen molar-refractivity contribution in [3.8, 4) is 0 Å². The van der Waals surface area contributed by atoms with Crippen molar-refractivity contribution in [1.29, 1.82) is 0 Å². The highest BCUT2D eigenvalue weighted by Gasteiger charge is 2.24. The van der Waals surface area contributed by atoms with Crippen LogP contribution in [0.15, 0.2) is 24.3 Å². The second-order valence-electron chi connectivity index (χ2n) is 5.01. The van der Waals surface area contributed by atoms with Crippen LogP contribution in [0.3, 0.4) is 0 Å². The summed E-state index contributed by atoms with van der Waals surface area (Å²) in [5.41, 5.74) is 2.50. The molecule has 1 aromatic rings. The van der Waals surface area contributed by atoms with Crippen LogP contribution in [0.2, 0.25) is 0 Å². The lowest BCUT2D eigenvalue weighted by Gasteiger charge is -2.19. The van der Waals surface area contributed by atoms with Crippen LogP contribution in [0, 0.1) is 0 Å². The largest absolute Gasteiger partial charge is 0.453 e. The van der Waals surface area contributed by atoms with Crippen molar-refractivity contribution in [2.24, 2.45) is 0 Å². The monoisotopic (exact) mass is 277 g/mol. The summed E-state index contributed by atoms with van der Waals surface area (Å²) in [7, 11) is 1.39. The summed E-state index contributed by atoms with van der Waals surface area (Å²) in [6.07, 6.45) is 0.603. The maximum Gasteiger partial charge on any atom is 0.407 e. The molecule has 1 saturated heterocycles. The van der Waals surface area contributed by atoms with Crippen molar-refractivity contribution >= 4 is 11.8 Å². The molecule has 0 bridgehead atoms. The minimum absolute atomic E-state index is 0.170. The number of nitrogens with zero attached hydrogens (tertiary/aromatic N) is 1. The highest BCUT2D eigenvalue weighted by atomic mass is 16.5. The lowest BCUT2D eigenvalue weighted by molar-refractivity contribution is 0.167. The number of carbonyl (C=O) groups excluding carboxylic acids is 1. The SMILES string of the molecule is CCNCc1ccc(N2CCC(NC(=O)OC)C2)cc1. The third-order valence-corrected chi connectivity index (χ3v) is 3.58. The molecule has 2 N–H and O–H groups in total. The van der Waals surface area contributed by atoms with Gasteiger partial charge in [0.05, 0.1) is 13.2 Å². The first kappa shape index (κ1) is 14.7. The molecule has 1 aromatic carbocycles. The van der Waals surface area contributed by atoms with Crippen molar-refractivity contribution in [3.05, 3.63) is 29.8 Å². The quantitative estimate of drug-likeness (QED) is 0.860. The summed E-state index contributed by atoms with van der Waals surface area (Å²) >= 11 is 0. The summed E-state index contributed by atoms with van der Waals surface area (Å²) in [5.74, 6) is 0. The average Bonchev–Trinajstić information content (AvgIpc) is 2.94. The second-order valence-corrected chi connectivity index (χ2v) is 5.01. The number of nitrogens with one attached hydrogen (secondary N) is 2. The highest BCUT2D eigenvalue weighted by molar-refractivity contribution is 5.67. The smallest absolute Gasteiger partial charge is 0.407 e. The van der Waals surface area contributed by atoms with Crippen LogP contribution in [-0.2, 0) is 11.3 Å². The fourth-order valence-electron chi connectivity index (χ4n) is 2.43. The van der Waals surface area contributed by atoms with Gasteiger partial charge in [-0.1, -0.05) is 19.1 Å². The number of methoxy groups -OCH3 is 1. The summed E-state index contributed by atoms with van der Waals surface area (Å²) in [5, 5.41) is 6.17. The Morgan fingerprint density at radius 1 is 1.40 bits per heavy atom. The summed E-state index contributed by atoms with van der Waals surface area (Å²) in [4.78, 5) is 13.5. The van der Waals surface area contributed by atoms with E-state index < -0.39 is 0 Å². The van der Waals surface area contributed by atoms with Gasteiger partial charge in [0.2, 0.25) is 0 Å². The van der Waals surface area contributed by atoms with E-state index >= 15 is 0 Å². The predicted molar refractivity (Wildman–Crippen MR) is 80.0 cm³/mol. The number of anilines is 1. The normalized spacial score (nSPS) is 18.1. The second kappa shape index (κ2) is 7.14. The lowest BCUT2D eigenvalue weighted by Crippen LogP contribution is -2.36. The van der Waals surface area contributed by atoms with Crippen LogP contribution in [-0.4, -0.2) is 38.9 Å². The molecule has 1 unspecified atom stereocenters. The molecule has 1 fully saturated rings. The Balaban J connectivity index is 1.88. The van der Waals surface area contributed by atoms with Gasteiger partial charge in [0.15, 0.2) is 0 Å². The van der Waals surface area contributed by atoms with Crippen LogP contribution in [0.25, 0.3) is 0 Å². The van der Waals surface area contributed by atoms with Crippen LogP contribution >= 0.6 is 0 Å². The molecule has 110 valence electrons. The van der Waals surface area contributed by atoms with Gasteiger partial charge in [0.25, 0.3) is 0 Å². The van der Waals surface area contributed by atoms with E-state index in [1.165, 1.54) is 18.4 Å². The number of hydrogen-bond acceptors (Lipinski definition) is 4. The number of hydrogen-bond donors (Lipinski definition) is 2. The molecule has 0 aliphatic carbocycles. The Labute approximate surface area is 120 Å². The number of rotatable bonds is 5. The highest BCUT2D eigenvalue weighted by Crippen LogP contribution is 2.21. The fraction of sp³-hybridized carbons (Fsp3) is 0.533. The van der Waals surface area contributed by atoms with Crippen molar-refractivity contribution in [2.75, 3.05) is 31.6 Å². The third kappa shape index (κ3) is 3.87. The van der Waals surface area contributed by atoms with E-state index in [4.69, 9.17) is 0 Å². The van der Waals surface area contributed by atoms with Crippen LogP contribution < -0.4 is 15.5 Å². The van der Waals surface area contributed by atoms with E-state index in [1.807, 2.05) is 0 Å². The zero-order valence-corrected chi connectivity index (χ0v) is 12.2. The van der Waals surface area contributed by atoms with E-state index in [-0.39, 0.29) is 12.1 Å². The van der Waals surface area contributed by atoms with Crippen LogP contribution in [0.1, 0.15) is 18.9 Å². The first-order valence-electron chi connectivity index (χ1n) is 7.12. The molecular weight excluding hydrogens is 254 g/mol. The van der Waals surface area contributed by atoms with Gasteiger partial charge in [-0.3, -0.25) is 0 Å². The van der Waals surface area contributed by atoms with Crippen LogP contribution in [0.5, 0.6) is 0 Å². The van der Waals surface area contributed by atoms with E-state index in [2.05, 4.69) is 51.5 Å². The summed E-state index contributed by atoms with van der Waals surface area (Å²) < 4.78 is 4.63. The third-order valence-electron chi connectivity index (χ3n) is 3.58. The van der Waals surface area contributed by atoms with Crippen molar-refractivity contribution < 1.29 is 9.53 Å². The van der Waals surface area contributed by atoms with E-state index in [9.17, 15) is 4.79 Å². The van der Waals surface area contributed by atoms with Crippen molar-refractivity contribution in [3.63, 3.8) is 0 Å². The zero-order valence-electron chi connectivity index (χ0n) is 12.2. The molecule has 20 heavy (non-hydrogen) atoms. The van der Waals surface area contributed by atoms with Gasteiger partial charge in [-0.2, -0.15) is 0 Å². The van der Waals surface area contributed by atoms with Gasteiger partial charge in [0.1, 0.15) is 0 Å². The lowest BCUT2D eigenvalue weighted by atomic mass is 10.2. The van der Waals surface area contributed by atoms with Crippen molar-refractivity contribution in [2.45, 2.75) is 25.9 Å². The minimum atomic E-state index is -0.349. The van der Waals surface area contributed by atoms with Crippen LogP contribution in [0.4, 0.5) is 10.5 Å². The maximum absolute atomic E-state index is 11.2. The molecule has 0 aromatic heterocycles. The molecule has 0 spiro atoms. The molecule has 1 amide bonds. The first-order valence-corrected chi connectivity index (χ1v) is 7.12. The predicted octanol–water partition coefficient (Wildman–Crippen LogP) is 1.73. The maximum atomic E-state index is 11.2. The standard InChI is InChI=1S/C15H23N3O2/c1-3-16-10-12-4-6-14(7-5-12)18-9-8-13(11-18)17-15(19)20-2/h4-7,13,16H,3,8-11H2,1-2H3,(H,17,19). The van der Waals surface area contributed by atoms with Gasteiger partial charge in [-0.05, 0) is 30.7 Å². The number of alkyl carbamates (subject to hydrolysis) is 1. The Kier molecular flexibility index (Phi) is 5.24. The van der Waals surface area contributed by atoms with Gasteiger partial charge >= 0.3 is 6.09 Å². The molecule has 5 nitrogen and oxygen atoms in total. The first-order chi connectivity index (χ1) is 9.72. The van der Waals surface area contributed by atoms with Gasteiger partial charge < -0.3 is 20.3 Å². The fourth-order valence-corrected chi connectivity index (χ4v) is 2.43. The van der Waals surface area contributed by atoms with E-state index in [1.54, 1.807) is 0 Å². The Bertz CT molecular complexity index is 433. The minimum Gasteiger partial charge on any atom is -0.453 e. The average molecular weight is 277 g/mol. The number of benzene rings is 1. The molecule has 0 saturated carbocycles. The Morgan fingerprint density at radius 2 is 2.15 bits per heavy atom. The van der Waals surface area contributed by atoms with Gasteiger partial charge in [-0.15, -0.1) is 0 Å². The molecule has 1 aliphatic rings. The molecular formula is C15H23N3O2. The van der Waals surface area contributed by atoms with Gasteiger partial charge in [-0.25, -0.2) is 4.79 Å². The van der Waals surface area contributed by atoms with E-state index in [0.717, 1.165) is 32.6 Å². The van der Waals surface area contributed by atoms with E-state index in [0.29, 0.717) is 0 Å². The summed E-state index contributed by atoms with van der Waals surface area (Å²) in [6, 6.07) is 8.77. The molecule has 1 heterocycles. The number of carbonyl (C=O) groups is 1. The molecule has 0 radical (unpaired) electrons. The van der Waals surface area contributed by atoms with Gasteiger partial charge in [0, 0.05) is 25.3 Å². The topological polar surface area (TPSA) is 53.6 Å². The molecule has 2 rings (SSSR count). The number of amides is 1. The molecule has 1 aliphatic heterocycles. The summed E-state index contributed by atoms with van der Waals surface area (Å²) in [6.45, 7) is 5.79. The Morgan fingerprint density at radius 3 is 2.80 bits per heavy atom. The van der Waals surface area contributed by atoms with Crippen molar-refractivity contribution in [1.82, 2.24) is 10.6 Å². The zero-order chi connectivity index (χ0) is 14.4. The number of ether oxygens (including phenoxy) is 1.